The zero-order valence-corrected chi connectivity index (χ0v) is 30.2. The number of nitriles is 1. The van der Waals surface area contributed by atoms with Gasteiger partial charge in [0.25, 0.3) is 0 Å². The Morgan fingerprint density at radius 2 is 1.54 bits per heavy atom. The van der Waals surface area contributed by atoms with E-state index in [1.54, 1.807) is 20.8 Å². The summed E-state index contributed by atoms with van der Waals surface area (Å²) in [6.07, 6.45) is 0.901. The lowest BCUT2D eigenvalue weighted by Gasteiger charge is -2.35. The van der Waals surface area contributed by atoms with Crippen LogP contribution in [0.5, 0.6) is 5.75 Å². The number of nitrogens with one attached hydrogen (secondary N) is 2. The Hall–Kier alpha value is -3.79. The first-order chi connectivity index (χ1) is 22.5. The summed E-state index contributed by atoms with van der Waals surface area (Å²) < 4.78 is 9.88. The summed E-state index contributed by atoms with van der Waals surface area (Å²) in [4.78, 5) is 51.3. The van der Waals surface area contributed by atoms with Gasteiger partial charge in [-0.15, -0.1) is 0 Å². The topological polar surface area (TPSA) is 155 Å². The molecule has 48 heavy (non-hydrogen) atoms. The van der Waals surface area contributed by atoms with Crippen LogP contribution in [0.25, 0.3) is 0 Å². The predicted octanol–water partition coefficient (Wildman–Crippen LogP) is 5.76. The fourth-order valence-corrected chi connectivity index (χ4v) is 6.17. The number of carbonyl (C=O) groups excluding carboxylic acids is 4. The molecule has 0 bridgehead atoms. The van der Waals surface area contributed by atoms with Gasteiger partial charge < -0.3 is 25.2 Å². The van der Waals surface area contributed by atoms with Gasteiger partial charge in [0.05, 0.1) is 38.6 Å². The number of thioether (sulfide) groups is 1. The minimum atomic E-state index is -1.11. The van der Waals surface area contributed by atoms with E-state index in [4.69, 9.17) is 21.7 Å². The van der Waals surface area contributed by atoms with Crippen molar-refractivity contribution in [1.82, 2.24) is 10.6 Å². The molecule has 2 aromatic carbocycles. The highest BCUT2D eigenvalue weighted by Gasteiger charge is 2.41. The molecule has 260 valence electrons. The first-order valence-corrected chi connectivity index (χ1v) is 17.2. The van der Waals surface area contributed by atoms with Gasteiger partial charge in [0.15, 0.2) is 0 Å². The third-order valence-corrected chi connectivity index (χ3v) is 9.65. The van der Waals surface area contributed by atoms with Crippen LogP contribution in [-0.2, 0) is 19.1 Å². The van der Waals surface area contributed by atoms with Crippen LogP contribution >= 0.6 is 24.0 Å². The molecule has 0 aliphatic carbocycles. The Morgan fingerprint density at radius 1 is 0.917 bits per heavy atom. The number of thiocarbonyl (C=S) groups is 1. The van der Waals surface area contributed by atoms with Gasteiger partial charge in [0.2, 0.25) is 11.8 Å². The van der Waals surface area contributed by atoms with E-state index in [2.05, 4.69) is 16.7 Å². The Balaban J connectivity index is 2.18. The summed E-state index contributed by atoms with van der Waals surface area (Å²) in [5, 5.41) is 25.0. The van der Waals surface area contributed by atoms with Crippen LogP contribution in [0.15, 0.2) is 54.6 Å². The predicted molar refractivity (Wildman–Crippen MR) is 190 cm³/mol. The van der Waals surface area contributed by atoms with Crippen molar-refractivity contribution in [2.75, 3.05) is 19.7 Å². The highest BCUT2D eigenvalue weighted by Crippen LogP contribution is 2.41. The standard InChI is InChI=1S/C36H47N3O7S2/c1-7-29(41)46-28-15-13-26(14-16-28)30(42)45-22-21-38-33(44)36(6,48-31(47)27-11-9-8-10-12-27)20-19-35(5,18-17-34(3,4)24-37)32(43)39-23-25(2)40/h8-16,25,40H,7,17-23H2,1-6H3,(H,38,44)(H,39,43). The van der Waals surface area contributed by atoms with Gasteiger partial charge in [-0.3, -0.25) is 14.4 Å². The third kappa shape index (κ3) is 13.0. The minimum absolute atomic E-state index is 0.0352. The fourth-order valence-electron chi connectivity index (χ4n) is 4.45. The van der Waals surface area contributed by atoms with E-state index in [0.717, 1.165) is 5.56 Å². The number of benzene rings is 2. The van der Waals surface area contributed by atoms with Gasteiger partial charge in [-0.05, 0) is 83.2 Å². The van der Waals surface area contributed by atoms with Crippen LogP contribution < -0.4 is 15.4 Å². The maximum Gasteiger partial charge on any atom is 0.338 e. The molecule has 2 rings (SSSR count). The monoisotopic (exact) mass is 697 g/mol. The molecular weight excluding hydrogens is 651 g/mol. The lowest BCUT2D eigenvalue weighted by molar-refractivity contribution is -0.134. The molecule has 12 heteroatoms. The Kier molecular flexibility index (Phi) is 15.7. The molecule has 0 heterocycles. The van der Waals surface area contributed by atoms with Crippen LogP contribution in [0.3, 0.4) is 0 Å². The molecule has 10 nitrogen and oxygen atoms in total. The van der Waals surface area contributed by atoms with E-state index in [1.807, 2.05) is 51.1 Å². The SMILES string of the molecule is CCC(=O)Oc1ccc(C(=O)OCCNC(=O)C(C)(CCC(C)(CCC(C)(C)C#N)C(=O)NCC(C)O)SC(=S)c2ccccc2)cc1. The van der Waals surface area contributed by atoms with Gasteiger partial charge in [-0.2, -0.15) is 5.26 Å². The van der Waals surface area contributed by atoms with Crippen molar-refractivity contribution in [2.45, 2.75) is 84.5 Å². The molecule has 0 fully saturated rings. The summed E-state index contributed by atoms with van der Waals surface area (Å²) in [7, 11) is 0. The second-order valence-corrected chi connectivity index (χ2v) is 15.0. The van der Waals surface area contributed by atoms with Crippen LogP contribution in [0, 0.1) is 22.2 Å². The largest absolute Gasteiger partial charge is 0.460 e. The Labute approximate surface area is 293 Å². The lowest BCUT2D eigenvalue weighted by Crippen LogP contribution is -2.47. The van der Waals surface area contributed by atoms with Crippen molar-refractivity contribution < 1.29 is 33.8 Å². The first-order valence-electron chi connectivity index (χ1n) is 16.0. The number of hydrogen-bond donors (Lipinski definition) is 3. The number of hydrogen-bond acceptors (Lipinski definition) is 10. The number of ether oxygens (including phenoxy) is 2. The van der Waals surface area contributed by atoms with E-state index < -0.39 is 27.7 Å². The molecule has 0 aliphatic rings. The fraction of sp³-hybridized carbons (Fsp3) is 0.500. The normalized spacial score (nSPS) is 14.3. The summed E-state index contributed by atoms with van der Waals surface area (Å²) in [5.74, 6) is -1.27. The molecule has 0 saturated heterocycles. The first kappa shape index (κ1) is 40.4. The molecule has 0 aromatic heterocycles. The molecule has 0 radical (unpaired) electrons. The third-order valence-electron chi connectivity index (χ3n) is 7.90. The van der Waals surface area contributed by atoms with E-state index >= 15 is 0 Å². The summed E-state index contributed by atoms with van der Waals surface area (Å²) in [6, 6.07) is 17.6. The Morgan fingerprint density at radius 3 is 2.12 bits per heavy atom. The van der Waals surface area contributed by atoms with Gasteiger partial charge in [0.1, 0.15) is 12.4 Å². The molecule has 0 aliphatic heterocycles. The second kappa shape index (κ2) is 18.7. The van der Waals surface area contributed by atoms with Crippen LogP contribution in [0.4, 0.5) is 0 Å². The molecular formula is C36H47N3O7S2. The molecule has 3 N–H and O–H groups in total. The van der Waals surface area contributed by atoms with Crippen molar-refractivity contribution in [2.24, 2.45) is 10.8 Å². The molecule has 2 aromatic rings. The van der Waals surface area contributed by atoms with Gasteiger partial charge in [-0.25, -0.2) is 4.79 Å². The van der Waals surface area contributed by atoms with Crippen molar-refractivity contribution >= 4 is 51.9 Å². The molecule has 2 amide bonds. The zero-order chi connectivity index (χ0) is 36.0. The maximum atomic E-state index is 13.8. The average molecular weight is 698 g/mol. The number of amides is 2. The second-order valence-electron chi connectivity index (χ2n) is 12.8. The average Bonchev–Trinajstić information content (AvgIpc) is 3.07. The minimum Gasteiger partial charge on any atom is -0.460 e. The van der Waals surface area contributed by atoms with Gasteiger partial charge in [-0.1, -0.05) is 68.2 Å². The van der Waals surface area contributed by atoms with E-state index in [-0.39, 0.29) is 55.9 Å². The van der Waals surface area contributed by atoms with E-state index in [9.17, 15) is 29.5 Å². The number of rotatable bonds is 18. The Bertz CT molecular complexity index is 1460. The number of aliphatic hydroxyl groups is 1. The summed E-state index contributed by atoms with van der Waals surface area (Å²) in [5.41, 5.74) is -0.551. The molecule has 3 unspecified atom stereocenters. The zero-order valence-electron chi connectivity index (χ0n) is 28.6. The number of esters is 2. The number of carbonyl (C=O) groups is 4. The van der Waals surface area contributed by atoms with Crippen molar-refractivity contribution in [1.29, 1.82) is 5.26 Å². The van der Waals surface area contributed by atoms with Crippen LogP contribution in [0.1, 0.15) is 89.6 Å². The van der Waals surface area contributed by atoms with Gasteiger partial charge in [0, 0.05) is 18.4 Å². The van der Waals surface area contributed by atoms with Crippen molar-refractivity contribution in [3.63, 3.8) is 0 Å². The van der Waals surface area contributed by atoms with Crippen LogP contribution in [-0.4, -0.2) is 63.6 Å². The summed E-state index contributed by atoms with van der Waals surface area (Å²) >= 11 is 6.97. The van der Waals surface area contributed by atoms with E-state index in [0.29, 0.717) is 29.2 Å². The molecule has 0 saturated carbocycles. The highest BCUT2D eigenvalue weighted by atomic mass is 32.2. The number of nitrogens with zero attached hydrogens (tertiary/aromatic N) is 1. The molecule has 3 atom stereocenters. The summed E-state index contributed by atoms with van der Waals surface area (Å²) in [6.45, 7) is 10.5. The van der Waals surface area contributed by atoms with Crippen LogP contribution in [0.2, 0.25) is 0 Å². The quantitative estimate of drug-likeness (QED) is 0.0759. The van der Waals surface area contributed by atoms with Crippen molar-refractivity contribution in [3.05, 3.63) is 65.7 Å². The molecule has 0 spiro atoms. The highest BCUT2D eigenvalue weighted by molar-refractivity contribution is 8.25. The van der Waals surface area contributed by atoms with Crippen molar-refractivity contribution in [3.8, 4) is 11.8 Å². The number of aliphatic hydroxyl groups excluding tert-OH is 1. The smallest absolute Gasteiger partial charge is 0.338 e. The van der Waals surface area contributed by atoms with Gasteiger partial charge >= 0.3 is 11.9 Å². The maximum absolute atomic E-state index is 13.8. The van der Waals surface area contributed by atoms with E-state index in [1.165, 1.54) is 36.0 Å². The lowest BCUT2D eigenvalue weighted by atomic mass is 9.74.